The highest BCUT2D eigenvalue weighted by molar-refractivity contribution is 9.10. The summed E-state index contributed by atoms with van der Waals surface area (Å²) >= 11 is 18.4. The van der Waals surface area contributed by atoms with Gasteiger partial charge in [-0.25, -0.2) is 14.3 Å². The van der Waals surface area contributed by atoms with Gasteiger partial charge < -0.3 is 14.3 Å². The third-order valence-corrected chi connectivity index (χ3v) is 13.0. The van der Waals surface area contributed by atoms with Crippen molar-refractivity contribution in [2.75, 3.05) is 16.9 Å². The van der Waals surface area contributed by atoms with Gasteiger partial charge >= 0.3 is 0 Å². The highest BCUT2D eigenvalue weighted by Gasteiger charge is 2.77. The molecule has 6 atom stereocenters. The minimum Gasteiger partial charge on any atom is -0.504 e. The fourth-order valence-electron chi connectivity index (χ4n) is 8.72. The Kier molecular flexibility index (Phi) is 7.87. The number of hydrogen-bond acceptors (Lipinski definition) is 8. The van der Waals surface area contributed by atoms with Crippen molar-refractivity contribution in [2.45, 2.75) is 28.5 Å². The number of anilines is 2. The van der Waals surface area contributed by atoms with Gasteiger partial charge in [-0.05, 0) is 91.6 Å². The molecule has 5 aromatic rings. The summed E-state index contributed by atoms with van der Waals surface area (Å²) in [7, 11) is 1.36. The first-order chi connectivity index (χ1) is 25.9. The number of benzene rings is 4. The maximum atomic E-state index is 14.6. The lowest BCUT2D eigenvalue weighted by molar-refractivity contribution is -0.125. The number of hydrogen-bond donors (Lipinski definition) is 1. The number of allylic oxidation sites excluding steroid dienone is 2. The molecule has 1 aromatic heterocycles. The van der Waals surface area contributed by atoms with Crippen LogP contribution in [0.4, 0.5) is 15.8 Å². The topological polar surface area (TPSA) is 130 Å². The van der Waals surface area contributed by atoms with E-state index in [0.717, 1.165) is 21.9 Å². The van der Waals surface area contributed by atoms with E-state index in [2.05, 4.69) is 20.9 Å². The van der Waals surface area contributed by atoms with Gasteiger partial charge in [-0.15, -0.1) is 23.2 Å². The number of para-hydroxylation sites is 2. The number of aromatic hydroxyl groups is 1. The molecular weight excluding hydrogens is 804 g/mol. The molecule has 2 aliphatic carbocycles. The van der Waals surface area contributed by atoms with Crippen molar-refractivity contribution in [3.05, 3.63) is 112 Å². The first-order valence-electron chi connectivity index (χ1n) is 17.0. The van der Waals surface area contributed by atoms with Crippen LogP contribution in [0.15, 0.2) is 105 Å². The number of halogens is 4. The predicted molar refractivity (Wildman–Crippen MR) is 201 cm³/mol. The zero-order valence-electron chi connectivity index (χ0n) is 28.1. The number of nitrogens with zero attached hydrogens (tertiary/aromatic N) is 3. The van der Waals surface area contributed by atoms with Crippen molar-refractivity contribution in [2.24, 2.45) is 17.8 Å². The first-order valence-corrected chi connectivity index (χ1v) is 18.5. The Bertz CT molecular complexity index is 2460. The molecule has 0 spiro atoms. The SMILES string of the molecule is COc1cc(Br)cc([C@H]2C3=CC[C@@H]4C(=O)N(c5ccc(-c6nc7ccccc7o6)cc5)C(=O)[C@@H]4[C@@H]3C[C@@]3(Cl)C(=O)N(c4ccc(F)cc4)C(=O)[C@@]23Cl)c1O. The van der Waals surface area contributed by atoms with Crippen LogP contribution in [-0.2, 0) is 19.2 Å². The Balaban J connectivity index is 1.14. The Morgan fingerprint density at radius 2 is 1.59 bits per heavy atom. The summed E-state index contributed by atoms with van der Waals surface area (Å²) in [5.41, 5.74) is 2.95. The van der Waals surface area contributed by atoms with E-state index in [9.17, 15) is 28.7 Å². The number of ether oxygens (including phenoxy) is 1. The molecule has 3 fully saturated rings. The van der Waals surface area contributed by atoms with Crippen LogP contribution < -0.4 is 14.5 Å². The summed E-state index contributed by atoms with van der Waals surface area (Å²) in [6.07, 6.45) is 1.61. The molecule has 1 N–H and O–H groups in total. The van der Waals surface area contributed by atoms with Gasteiger partial charge in [0.1, 0.15) is 11.3 Å². The molecule has 4 aliphatic rings. The minimum atomic E-state index is -2.23. The molecule has 1 saturated carbocycles. The number of oxazole rings is 1. The largest absolute Gasteiger partial charge is 0.504 e. The fraction of sp³-hybridized carbons (Fsp3) is 0.225. The van der Waals surface area contributed by atoms with E-state index in [1.165, 1.54) is 25.3 Å². The minimum absolute atomic E-state index is 0.0464. The molecule has 0 radical (unpaired) electrons. The number of aromatic nitrogens is 1. The summed E-state index contributed by atoms with van der Waals surface area (Å²) < 4.78 is 25.8. The van der Waals surface area contributed by atoms with Crippen molar-refractivity contribution in [3.8, 4) is 23.0 Å². The van der Waals surface area contributed by atoms with Crippen LogP contribution in [0.25, 0.3) is 22.6 Å². The molecule has 9 rings (SSSR count). The molecule has 0 bridgehead atoms. The lowest BCUT2D eigenvalue weighted by atomic mass is 9.56. The van der Waals surface area contributed by atoms with E-state index in [4.69, 9.17) is 32.4 Å². The Hall–Kier alpha value is -5.04. The third kappa shape index (κ3) is 4.72. The van der Waals surface area contributed by atoms with Gasteiger partial charge in [-0.3, -0.25) is 24.1 Å². The summed E-state index contributed by atoms with van der Waals surface area (Å²) in [5, 5.41) is 11.6. The Morgan fingerprint density at radius 1 is 0.907 bits per heavy atom. The van der Waals surface area contributed by atoms with Crippen LogP contribution in [0.1, 0.15) is 24.3 Å². The van der Waals surface area contributed by atoms with Crippen molar-refractivity contribution >= 4 is 85.2 Å². The highest BCUT2D eigenvalue weighted by Crippen LogP contribution is 2.67. The van der Waals surface area contributed by atoms with Crippen molar-refractivity contribution in [1.29, 1.82) is 0 Å². The molecule has 4 amide bonds. The first kappa shape index (κ1) is 34.7. The van der Waals surface area contributed by atoms with E-state index >= 15 is 0 Å². The summed E-state index contributed by atoms with van der Waals surface area (Å²) in [6.45, 7) is 0. The molecule has 54 heavy (non-hydrogen) atoms. The monoisotopic (exact) mass is 829 g/mol. The molecule has 14 heteroatoms. The van der Waals surface area contributed by atoms with Gasteiger partial charge in [0.2, 0.25) is 17.7 Å². The van der Waals surface area contributed by atoms with Gasteiger partial charge in [0.15, 0.2) is 26.8 Å². The van der Waals surface area contributed by atoms with E-state index in [-0.39, 0.29) is 35.6 Å². The number of phenolic OH excluding ortho intramolecular Hbond substituents is 1. The van der Waals surface area contributed by atoms with Crippen LogP contribution in [0.2, 0.25) is 0 Å². The summed E-state index contributed by atoms with van der Waals surface area (Å²) in [4.78, 5) is 60.0. The average Bonchev–Trinajstić information content (AvgIpc) is 3.76. The van der Waals surface area contributed by atoms with Gasteiger partial charge in [0.05, 0.1) is 30.3 Å². The number of alkyl halides is 2. The second kappa shape index (κ2) is 12.2. The lowest BCUT2D eigenvalue weighted by Crippen LogP contribution is -2.60. The summed E-state index contributed by atoms with van der Waals surface area (Å²) in [5.74, 6) is -7.07. The van der Waals surface area contributed by atoms with E-state index in [0.29, 0.717) is 38.3 Å². The summed E-state index contributed by atoms with van der Waals surface area (Å²) in [6, 6.07) is 21.9. The number of amides is 4. The fourth-order valence-corrected chi connectivity index (χ4v) is 10.1. The normalized spacial score (nSPS) is 27.6. The second-order valence-corrected chi connectivity index (χ2v) is 16.0. The van der Waals surface area contributed by atoms with Crippen molar-refractivity contribution in [3.63, 3.8) is 0 Å². The van der Waals surface area contributed by atoms with Crippen LogP contribution in [-0.4, -0.2) is 50.6 Å². The van der Waals surface area contributed by atoms with Gasteiger partial charge in [0, 0.05) is 21.5 Å². The highest BCUT2D eigenvalue weighted by atomic mass is 79.9. The van der Waals surface area contributed by atoms with Crippen molar-refractivity contribution in [1.82, 2.24) is 4.98 Å². The zero-order chi connectivity index (χ0) is 37.8. The van der Waals surface area contributed by atoms with Crippen LogP contribution >= 0.6 is 39.1 Å². The van der Waals surface area contributed by atoms with E-state index in [1.54, 1.807) is 36.4 Å². The van der Waals surface area contributed by atoms with Crippen molar-refractivity contribution < 1.29 is 37.8 Å². The Labute approximate surface area is 325 Å². The second-order valence-electron chi connectivity index (χ2n) is 13.8. The van der Waals surface area contributed by atoms with Gasteiger partial charge in [0.25, 0.3) is 11.8 Å². The Morgan fingerprint density at radius 3 is 2.30 bits per heavy atom. The number of fused-ring (bicyclic) bond motifs is 5. The lowest BCUT2D eigenvalue weighted by Gasteiger charge is -2.50. The number of methoxy groups -OCH3 is 1. The third-order valence-electron chi connectivity index (χ3n) is 11.2. The number of carbonyl (C=O) groups excluding carboxylic acids is 4. The van der Waals surface area contributed by atoms with Crippen LogP contribution in [0, 0.1) is 23.6 Å². The smallest absolute Gasteiger partial charge is 0.258 e. The van der Waals surface area contributed by atoms with Crippen LogP contribution in [0.5, 0.6) is 11.5 Å². The number of rotatable bonds is 5. The van der Waals surface area contributed by atoms with Gasteiger partial charge in [-0.1, -0.05) is 39.7 Å². The molecule has 2 saturated heterocycles. The molecule has 3 heterocycles. The van der Waals surface area contributed by atoms with E-state index in [1.807, 2.05) is 24.3 Å². The molecule has 4 aromatic carbocycles. The van der Waals surface area contributed by atoms with Gasteiger partial charge in [-0.2, -0.15) is 0 Å². The molecule has 0 unspecified atom stereocenters. The van der Waals surface area contributed by atoms with E-state index < -0.39 is 62.9 Å². The standard InChI is InChI=1S/C40H27BrCl2FN3O7/c1-53-30-17-20(41)16-26(33(30)48)32-24-14-15-25-31(27(24)18-39(42)37(51)47(38(52)40(32,39)43)23-12-8-21(44)9-13-23)36(50)46(35(25)49)22-10-6-19(7-11-22)34-45-28-4-2-3-5-29(28)54-34/h2-14,16-17,25,27,31-32,48H,15,18H2,1H3/t25-,27+,31-,32+,39+,40-/m0/s1. The number of carbonyl (C=O) groups is 4. The number of imide groups is 2. The molecule has 2 aliphatic heterocycles. The molecular formula is C40H27BrCl2FN3O7. The quantitative estimate of drug-likeness (QED) is 0.108. The predicted octanol–water partition coefficient (Wildman–Crippen LogP) is 7.88. The zero-order valence-corrected chi connectivity index (χ0v) is 31.2. The maximum absolute atomic E-state index is 14.6. The average molecular weight is 831 g/mol. The maximum Gasteiger partial charge on any atom is 0.258 e. The molecule has 10 nitrogen and oxygen atoms in total. The number of phenols is 1. The van der Waals surface area contributed by atoms with Crippen LogP contribution in [0.3, 0.4) is 0 Å². The molecule has 272 valence electrons.